The van der Waals surface area contributed by atoms with Gasteiger partial charge in [0.15, 0.2) is 14.9 Å². The molecule has 0 radical (unpaired) electrons. The van der Waals surface area contributed by atoms with Crippen molar-refractivity contribution in [1.82, 2.24) is 25.1 Å². The third kappa shape index (κ3) is 5.34. The molecule has 1 amide bonds. The van der Waals surface area contributed by atoms with Crippen LogP contribution in [0.1, 0.15) is 28.4 Å². The fourth-order valence-electron chi connectivity index (χ4n) is 3.62. The predicted molar refractivity (Wildman–Crippen MR) is 124 cm³/mol. The first-order valence-corrected chi connectivity index (χ1v) is 12.4. The molecule has 0 saturated heterocycles. The van der Waals surface area contributed by atoms with Crippen LogP contribution in [-0.4, -0.2) is 63.3 Å². The first kappa shape index (κ1) is 24.4. The lowest BCUT2D eigenvalue weighted by molar-refractivity contribution is 0.0740. The van der Waals surface area contributed by atoms with Gasteiger partial charge in [0.2, 0.25) is 0 Å². The molecule has 0 aliphatic carbocycles. The third-order valence-electron chi connectivity index (χ3n) is 5.38. The largest absolute Gasteiger partial charge is 0.394 e. The van der Waals surface area contributed by atoms with E-state index in [9.17, 15) is 27.8 Å². The van der Waals surface area contributed by atoms with Gasteiger partial charge in [0.05, 0.1) is 47.9 Å². The van der Waals surface area contributed by atoms with Gasteiger partial charge in [0.25, 0.3) is 5.91 Å². The number of aromatic nitrogens is 4. The molecule has 0 aliphatic rings. The number of fused-ring (bicyclic) bond motifs is 1. The summed E-state index contributed by atoms with van der Waals surface area (Å²) in [7, 11) is -3.61. The van der Waals surface area contributed by atoms with Crippen molar-refractivity contribution in [3.8, 4) is 5.69 Å². The van der Waals surface area contributed by atoms with Gasteiger partial charge in [0.1, 0.15) is 5.82 Å². The average molecular weight is 500 g/mol. The second kappa shape index (κ2) is 9.86. The highest BCUT2D eigenvalue weighted by Crippen LogP contribution is 2.24. The summed E-state index contributed by atoms with van der Waals surface area (Å²) in [5.74, 6) is -0.940. The van der Waals surface area contributed by atoms with Crippen molar-refractivity contribution in [2.24, 2.45) is 0 Å². The van der Waals surface area contributed by atoms with Crippen LogP contribution in [0.2, 0.25) is 0 Å². The summed E-state index contributed by atoms with van der Waals surface area (Å²) in [6.07, 6.45) is 5.45. The number of nitrogens with one attached hydrogen (secondary N) is 1. The number of sulfone groups is 1. The number of amides is 1. The van der Waals surface area contributed by atoms with E-state index in [1.165, 1.54) is 53.7 Å². The lowest BCUT2D eigenvalue weighted by Crippen LogP contribution is -2.32. The minimum absolute atomic E-state index is 0.0757. The van der Waals surface area contributed by atoms with Crippen LogP contribution in [0.15, 0.2) is 66.2 Å². The molecule has 0 aliphatic heterocycles. The number of carbonyl (C=O) groups excluding carboxylic acids is 1. The van der Waals surface area contributed by atoms with E-state index < -0.39 is 40.3 Å². The molecule has 4 aromatic rings. The summed E-state index contributed by atoms with van der Waals surface area (Å²) in [6.45, 7) is -0.544. The van der Waals surface area contributed by atoms with Gasteiger partial charge in [-0.25, -0.2) is 22.5 Å². The molecule has 4 rings (SSSR count). The average Bonchev–Trinajstić information content (AvgIpc) is 3.27. The molecule has 3 aromatic heterocycles. The van der Waals surface area contributed by atoms with Crippen LogP contribution in [-0.2, 0) is 9.84 Å². The molecule has 3 N–H and O–H groups in total. The molecule has 12 heteroatoms. The van der Waals surface area contributed by atoms with E-state index in [4.69, 9.17) is 0 Å². The van der Waals surface area contributed by atoms with Crippen LogP contribution in [0.25, 0.3) is 16.6 Å². The standard InChI is InChI=1S/C23H22FN5O5S/c1-35(33,34)22-8-14(6-7-26-22)20(9-17(31)13-30)28-23(32)19-10-25-12-21-18(19)11-27-29(21)16-4-2-15(24)3-5-16/h2-8,10-12,17,20,30-31H,9,13H2,1H3,(H,28,32). The topological polar surface area (TPSA) is 147 Å². The Morgan fingerprint density at radius 2 is 1.91 bits per heavy atom. The maximum absolute atomic E-state index is 13.3. The zero-order chi connectivity index (χ0) is 25.2. The maximum Gasteiger partial charge on any atom is 0.254 e. The Kier molecular flexibility index (Phi) is 6.87. The molecule has 10 nitrogen and oxygen atoms in total. The lowest BCUT2D eigenvalue weighted by Gasteiger charge is -2.22. The van der Waals surface area contributed by atoms with Crippen LogP contribution < -0.4 is 5.32 Å². The van der Waals surface area contributed by atoms with Crippen molar-refractivity contribution in [3.63, 3.8) is 0 Å². The third-order valence-corrected chi connectivity index (χ3v) is 6.36. The van der Waals surface area contributed by atoms with Gasteiger partial charge in [-0.2, -0.15) is 5.10 Å². The highest BCUT2D eigenvalue weighted by Gasteiger charge is 2.23. The van der Waals surface area contributed by atoms with E-state index in [1.54, 1.807) is 12.1 Å². The monoisotopic (exact) mass is 499 g/mol. The molecule has 0 saturated carbocycles. The van der Waals surface area contributed by atoms with E-state index in [1.807, 2.05) is 0 Å². The normalized spacial score (nSPS) is 13.5. The Morgan fingerprint density at radius 1 is 1.17 bits per heavy atom. The molecule has 0 spiro atoms. The first-order valence-electron chi connectivity index (χ1n) is 10.5. The Balaban J connectivity index is 1.69. The Hall–Kier alpha value is -3.74. The van der Waals surface area contributed by atoms with Crippen molar-refractivity contribution < 1.29 is 27.8 Å². The molecule has 2 unspecified atom stereocenters. The van der Waals surface area contributed by atoms with Gasteiger partial charge in [-0.05, 0) is 48.4 Å². The summed E-state index contributed by atoms with van der Waals surface area (Å²) < 4.78 is 38.7. The van der Waals surface area contributed by atoms with E-state index in [0.29, 0.717) is 22.2 Å². The van der Waals surface area contributed by atoms with Gasteiger partial charge in [-0.1, -0.05) is 0 Å². The maximum atomic E-state index is 13.3. The van der Waals surface area contributed by atoms with Gasteiger partial charge in [-0.15, -0.1) is 0 Å². The van der Waals surface area contributed by atoms with Crippen LogP contribution in [0.3, 0.4) is 0 Å². The SMILES string of the molecule is CS(=O)(=O)c1cc(C(CC(O)CO)NC(=O)c2cncc3c2cnn3-c2ccc(F)cc2)ccn1. The lowest BCUT2D eigenvalue weighted by atomic mass is 10.0. The van der Waals surface area contributed by atoms with Crippen LogP contribution in [0.5, 0.6) is 0 Å². The highest BCUT2D eigenvalue weighted by atomic mass is 32.2. The fourth-order valence-corrected chi connectivity index (χ4v) is 4.22. The summed E-state index contributed by atoms with van der Waals surface area (Å²) >= 11 is 0. The van der Waals surface area contributed by atoms with Crippen molar-refractivity contribution in [2.75, 3.05) is 12.9 Å². The van der Waals surface area contributed by atoms with Crippen LogP contribution in [0.4, 0.5) is 4.39 Å². The second-order valence-electron chi connectivity index (χ2n) is 7.95. The van der Waals surface area contributed by atoms with Crippen molar-refractivity contribution in [1.29, 1.82) is 0 Å². The number of halogens is 1. The summed E-state index contributed by atoms with van der Waals surface area (Å²) in [5, 5.41) is 26.7. The minimum Gasteiger partial charge on any atom is -0.394 e. The number of aliphatic hydroxyl groups is 2. The quantitative estimate of drug-likeness (QED) is 0.331. The Bertz CT molecular complexity index is 1470. The fraction of sp³-hybridized carbons (Fsp3) is 0.217. The number of nitrogens with zero attached hydrogens (tertiary/aromatic N) is 4. The van der Waals surface area contributed by atoms with Crippen LogP contribution >= 0.6 is 0 Å². The number of aliphatic hydroxyl groups excluding tert-OH is 2. The highest BCUT2D eigenvalue weighted by molar-refractivity contribution is 7.90. The predicted octanol–water partition coefficient (Wildman–Crippen LogP) is 1.57. The van der Waals surface area contributed by atoms with Gasteiger partial charge >= 0.3 is 0 Å². The zero-order valence-electron chi connectivity index (χ0n) is 18.5. The smallest absolute Gasteiger partial charge is 0.254 e. The second-order valence-corrected chi connectivity index (χ2v) is 9.91. The molecular formula is C23H22FN5O5S. The van der Waals surface area contributed by atoms with E-state index in [-0.39, 0.29) is 17.0 Å². The van der Waals surface area contributed by atoms with Gasteiger partial charge in [0, 0.05) is 24.0 Å². The van der Waals surface area contributed by atoms with E-state index in [0.717, 1.165) is 6.26 Å². The van der Waals surface area contributed by atoms with Gasteiger partial charge in [-0.3, -0.25) is 9.78 Å². The summed E-state index contributed by atoms with van der Waals surface area (Å²) in [6, 6.07) is 7.68. The Labute approximate surface area is 200 Å². The number of hydrogen-bond acceptors (Lipinski definition) is 8. The summed E-state index contributed by atoms with van der Waals surface area (Å²) in [5.41, 5.74) is 1.68. The minimum atomic E-state index is -3.61. The first-order chi connectivity index (χ1) is 16.7. The summed E-state index contributed by atoms with van der Waals surface area (Å²) in [4.78, 5) is 21.3. The van der Waals surface area contributed by atoms with Crippen LogP contribution in [0, 0.1) is 5.82 Å². The molecule has 182 valence electrons. The van der Waals surface area contributed by atoms with Gasteiger partial charge < -0.3 is 15.5 Å². The molecule has 3 heterocycles. The molecule has 0 fully saturated rings. The van der Waals surface area contributed by atoms with E-state index >= 15 is 0 Å². The van der Waals surface area contributed by atoms with E-state index in [2.05, 4.69) is 20.4 Å². The number of carbonyl (C=O) groups is 1. The number of pyridine rings is 2. The molecule has 1 aromatic carbocycles. The number of hydrogen-bond donors (Lipinski definition) is 3. The molecule has 2 atom stereocenters. The number of benzene rings is 1. The van der Waals surface area contributed by atoms with Crippen molar-refractivity contribution in [3.05, 3.63) is 78.1 Å². The molecular weight excluding hydrogens is 477 g/mol. The zero-order valence-corrected chi connectivity index (χ0v) is 19.4. The molecule has 35 heavy (non-hydrogen) atoms. The molecule has 0 bridgehead atoms. The Morgan fingerprint density at radius 3 is 2.60 bits per heavy atom. The van der Waals surface area contributed by atoms with Crippen molar-refractivity contribution in [2.45, 2.75) is 23.6 Å². The van der Waals surface area contributed by atoms with Crippen molar-refractivity contribution >= 4 is 26.6 Å². The number of rotatable bonds is 8.